The van der Waals surface area contributed by atoms with Crippen molar-refractivity contribution in [2.24, 2.45) is 0 Å². The van der Waals surface area contributed by atoms with Crippen molar-refractivity contribution in [3.8, 4) is 0 Å². The van der Waals surface area contributed by atoms with Crippen LogP contribution in [0.25, 0.3) is 0 Å². The van der Waals surface area contributed by atoms with E-state index in [2.05, 4.69) is 22.2 Å². The van der Waals surface area contributed by atoms with Crippen LogP contribution in [0.4, 0.5) is 4.79 Å². The molecule has 2 amide bonds. The second-order valence-electron chi connectivity index (χ2n) is 6.41. The topological polar surface area (TPSA) is 78.5 Å². The third kappa shape index (κ3) is 4.03. The number of aryl methyl sites for hydroxylation is 1. The molecule has 1 aliphatic heterocycles. The van der Waals surface area contributed by atoms with Gasteiger partial charge in [-0.3, -0.25) is 0 Å². The lowest BCUT2D eigenvalue weighted by atomic mass is 10.1. The van der Waals surface area contributed by atoms with Gasteiger partial charge in [0.05, 0.1) is 12.3 Å². The maximum absolute atomic E-state index is 12.5. The van der Waals surface area contributed by atoms with Crippen LogP contribution >= 0.6 is 0 Å². The Balaban J connectivity index is 1.60. The Bertz CT molecular complexity index is 690. The number of nitrogens with one attached hydrogen (secondary N) is 2. The average molecular weight is 337 g/mol. The van der Waals surface area contributed by atoms with E-state index in [1.807, 2.05) is 12.1 Å². The Morgan fingerprint density at radius 3 is 2.83 bits per heavy atom. The Labute approximate surface area is 137 Å². The predicted octanol–water partition coefficient (Wildman–Crippen LogP) is 1.40. The van der Waals surface area contributed by atoms with Crippen molar-refractivity contribution in [3.05, 3.63) is 35.4 Å². The maximum atomic E-state index is 12.5. The standard InChI is InChI=1S/C16H23N3O3S/c1-23(21,22)18-13-6-4-10-19(11-13)16(20)17-15-9-8-12-5-2-3-7-14(12)15/h2-3,5,7,13,15,18H,4,6,8-11H2,1H3,(H,17,20)/t13-,15+/m1/s1. The highest BCUT2D eigenvalue weighted by Crippen LogP contribution is 2.30. The van der Waals surface area contributed by atoms with E-state index >= 15 is 0 Å². The number of carbonyl (C=O) groups excluding carboxylic acids is 1. The fraction of sp³-hybridized carbons (Fsp3) is 0.562. The summed E-state index contributed by atoms with van der Waals surface area (Å²) in [7, 11) is -3.24. The van der Waals surface area contributed by atoms with Crippen molar-refractivity contribution < 1.29 is 13.2 Å². The molecule has 0 radical (unpaired) electrons. The van der Waals surface area contributed by atoms with E-state index in [0.717, 1.165) is 31.9 Å². The van der Waals surface area contributed by atoms with Crippen molar-refractivity contribution in [1.82, 2.24) is 14.9 Å². The lowest BCUT2D eigenvalue weighted by Crippen LogP contribution is -2.52. The number of likely N-dealkylation sites (tertiary alicyclic amines) is 1. The first-order chi connectivity index (χ1) is 10.9. The Morgan fingerprint density at radius 2 is 2.04 bits per heavy atom. The quantitative estimate of drug-likeness (QED) is 0.875. The van der Waals surface area contributed by atoms with Crippen molar-refractivity contribution in [3.63, 3.8) is 0 Å². The maximum Gasteiger partial charge on any atom is 0.317 e. The van der Waals surface area contributed by atoms with Crippen LogP contribution in [0, 0.1) is 0 Å². The first-order valence-corrected chi connectivity index (χ1v) is 9.92. The molecule has 3 rings (SSSR count). The number of hydrogen-bond acceptors (Lipinski definition) is 3. The number of amides is 2. The molecule has 1 heterocycles. The molecule has 1 fully saturated rings. The van der Waals surface area contributed by atoms with E-state index in [1.54, 1.807) is 4.90 Å². The number of urea groups is 1. The molecule has 7 heteroatoms. The molecular formula is C16H23N3O3S. The Hall–Kier alpha value is -1.60. The van der Waals surface area contributed by atoms with Crippen LogP contribution in [0.2, 0.25) is 0 Å². The van der Waals surface area contributed by atoms with Crippen LogP contribution in [0.15, 0.2) is 24.3 Å². The molecule has 1 saturated heterocycles. The van der Waals surface area contributed by atoms with E-state index in [9.17, 15) is 13.2 Å². The molecule has 23 heavy (non-hydrogen) atoms. The van der Waals surface area contributed by atoms with E-state index in [-0.39, 0.29) is 18.1 Å². The summed E-state index contributed by atoms with van der Waals surface area (Å²) in [4.78, 5) is 14.2. The molecule has 0 unspecified atom stereocenters. The summed E-state index contributed by atoms with van der Waals surface area (Å²) in [6.45, 7) is 1.09. The summed E-state index contributed by atoms with van der Waals surface area (Å²) >= 11 is 0. The van der Waals surface area contributed by atoms with Gasteiger partial charge in [0.15, 0.2) is 0 Å². The number of fused-ring (bicyclic) bond motifs is 1. The predicted molar refractivity (Wildman–Crippen MR) is 88.6 cm³/mol. The summed E-state index contributed by atoms with van der Waals surface area (Å²) in [5.41, 5.74) is 2.50. The molecule has 0 saturated carbocycles. The number of piperidine rings is 1. The number of nitrogens with zero attached hydrogens (tertiary/aromatic N) is 1. The van der Waals surface area contributed by atoms with Crippen LogP contribution in [0.3, 0.4) is 0 Å². The molecule has 2 atom stereocenters. The lowest BCUT2D eigenvalue weighted by molar-refractivity contribution is 0.173. The van der Waals surface area contributed by atoms with Gasteiger partial charge in [0.1, 0.15) is 0 Å². The number of benzene rings is 1. The van der Waals surface area contributed by atoms with Gasteiger partial charge < -0.3 is 10.2 Å². The summed E-state index contributed by atoms with van der Waals surface area (Å²) in [6.07, 6.45) is 4.63. The lowest BCUT2D eigenvalue weighted by Gasteiger charge is -2.33. The second kappa shape index (κ2) is 6.49. The zero-order valence-electron chi connectivity index (χ0n) is 13.3. The molecule has 126 valence electrons. The third-order valence-electron chi connectivity index (χ3n) is 4.52. The van der Waals surface area contributed by atoms with Gasteiger partial charge in [-0.15, -0.1) is 0 Å². The van der Waals surface area contributed by atoms with E-state index in [4.69, 9.17) is 0 Å². The van der Waals surface area contributed by atoms with Crippen LogP contribution in [0.1, 0.15) is 36.4 Å². The molecule has 1 aromatic rings. The molecule has 2 aliphatic rings. The van der Waals surface area contributed by atoms with Crippen LogP contribution in [0.5, 0.6) is 0 Å². The zero-order chi connectivity index (χ0) is 16.4. The second-order valence-corrected chi connectivity index (χ2v) is 8.19. The molecule has 1 aromatic carbocycles. The highest BCUT2D eigenvalue weighted by atomic mass is 32.2. The molecule has 0 spiro atoms. The molecule has 1 aliphatic carbocycles. The summed E-state index contributed by atoms with van der Waals surface area (Å²) < 4.78 is 25.3. The monoisotopic (exact) mass is 337 g/mol. The summed E-state index contributed by atoms with van der Waals surface area (Å²) in [6, 6.07) is 7.95. The third-order valence-corrected chi connectivity index (χ3v) is 5.28. The van der Waals surface area contributed by atoms with E-state index < -0.39 is 10.0 Å². The highest BCUT2D eigenvalue weighted by molar-refractivity contribution is 7.88. The van der Waals surface area contributed by atoms with Gasteiger partial charge in [-0.1, -0.05) is 24.3 Å². The van der Waals surface area contributed by atoms with Gasteiger partial charge in [-0.05, 0) is 36.8 Å². The van der Waals surface area contributed by atoms with Gasteiger partial charge in [0, 0.05) is 19.1 Å². The van der Waals surface area contributed by atoms with Crippen molar-refractivity contribution in [2.75, 3.05) is 19.3 Å². The summed E-state index contributed by atoms with van der Waals surface area (Å²) in [5, 5.41) is 3.10. The van der Waals surface area contributed by atoms with E-state index in [1.165, 1.54) is 11.1 Å². The number of sulfonamides is 1. The van der Waals surface area contributed by atoms with Gasteiger partial charge in [-0.25, -0.2) is 17.9 Å². The minimum absolute atomic E-state index is 0.0574. The number of carbonyl (C=O) groups is 1. The first-order valence-electron chi connectivity index (χ1n) is 8.03. The number of hydrogen-bond donors (Lipinski definition) is 2. The van der Waals surface area contributed by atoms with Crippen LogP contribution in [-0.4, -0.2) is 44.7 Å². The van der Waals surface area contributed by atoms with Crippen molar-refractivity contribution in [2.45, 2.75) is 37.8 Å². The van der Waals surface area contributed by atoms with Crippen LogP contribution < -0.4 is 10.0 Å². The molecule has 0 aromatic heterocycles. The summed E-state index contributed by atoms with van der Waals surface area (Å²) in [5.74, 6) is 0. The fourth-order valence-corrected chi connectivity index (χ4v) is 4.31. The molecule has 6 nitrogen and oxygen atoms in total. The SMILES string of the molecule is CS(=O)(=O)N[C@@H]1CCCN(C(=O)N[C@H]2CCc3ccccc32)C1. The van der Waals surface area contributed by atoms with Crippen molar-refractivity contribution in [1.29, 1.82) is 0 Å². The average Bonchev–Trinajstić information content (AvgIpc) is 2.89. The Kier molecular flexibility index (Phi) is 4.59. The zero-order valence-corrected chi connectivity index (χ0v) is 14.1. The fourth-order valence-electron chi connectivity index (χ4n) is 3.51. The van der Waals surface area contributed by atoms with Crippen LogP contribution in [-0.2, 0) is 16.4 Å². The van der Waals surface area contributed by atoms with Crippen molar-refractivity contribution >= 4 is 16.1 Å². The largest absolute Gasteiger partial charge is 0.331 e. The Morgan fingerprint density at radius 1 is 1.26 bits per heavy atom. The first kappa shape index (κ1) is 16.3. The minimum Gasteiger partial charge on any atom is -0.331 e. The molecule has 0 bridgehead atoms. The normalized spacial score (nSPS) is 24.3. The molecule has 2 N–H and O–H groups in total. The van der Waals surface area contributed by atoms with Gasteiger partial charge >= 0.3 is 6.03 Å². The smallest absolute Gasteiger partial charge is 0.317 e. The highest BCUT2D eigenvalue weighted by Gasteiger charge is 2.29. The van der Waals surface area contributed by atoms with Gasteiger partial charge in [0.2, 0.25) is 10.0 Å². The van der Waals surface area contributed by atoms with E-state index in [0.29, 0.717) is 13.1 Å². The van der Waals surface area contributed by atoms with Gasteiger partial charge in [0.25, 0.3) is 0 Å². The minimum atomic E-state index is -3.24. The van der Waals surface area contributed by atoms with Gasteiger partial charge in [-0.2, -0.15) is 0 Å². The number of rotatable bonds is 3. The molecular weight excluding hydrogens is 314 g/mol.